The van der Waals surface area contributed by atoms with Crippen molar-refractivity contribution in [3.63, 3.8) is 0 Å². The van der Waals surface area contributed by atoms with Gasteiger partial charge in [-0.25, -0.2) is 0 Å². The molecule has 8 atom stereocenters. The van der Waals surface area contributed by atoms with Crippen molar-refractivity contribution in [1.82, 2.24) is 15.6 Å². The molecule has 9 N–H and O–H groups in total. The molecule has 2 aliphatic carbocycles. The second-order valence-corrected chi connectivity index (χ2v) is 15.9. The normalized spacial score (nSPS) is 26.1. The number of aromatic amines is 1. The highest BCUT2D eigenvalue weighted by molar-refractivity contribution is 5.85. The molecule has 1 aromatic heterocycles. The van der Waals surface area contributed by atoms with Crippen LogP contribution in [-0.4, -0.2) is 81.5 Å². The van der Waals surface area contributed by atoms with Crippen molar-refractivity contribution in [3.8, 4) is 23.3 Å². The van der Waals surface area contributed by atoms with Crippen LogP contribution in [0.2, 0.25) is 0 Å². The van der Waals surface area contributed by atoms with Crippen molar-refractivity contribution in [2.45, 2.75) is 120 Å². The van der Waals surface area contributed by atoms with Gasteiger partial charge in [0, 0.05) is 50.2 Å². The number of carbonyl (C=O) groups is 2. The molecule has 1 aromatic carbocycles. The summed E-state index contributed by atoms with van der Waals surface area (Å²) >= 11 is 0. The summed E-state index contributed by atoms with van der Waals surface area (Å²) in [5.41, 5.74) is 10.9. The summed E-state index contributed by atoms with van der Waals surface area (Å²) in [5, 5.41) is 51.5. The first-order valence-corrected chi connectivity index (χ1v) is 19.8. The first-order valence-electron chi connectivity index (χ1n) is 19.8. The number of dihydropyridines is 1. The third-order valence-corrected chi connectivity index (χ3v) is 12.1. The number of hydrogen-bond donors (Lipinski definition) is 8. The zero-order valence-electron chi connectivity index (χ0n) is 31.5. The van der Waals surface area contributed by atoms with Crippen LogP contribution in [0, 0.1) is 29.6 Å². The molecule has 0 spiro atoms. The molecule has 1 saturated carbocycles. The molecule has 4 aliphatic rings. The molecule has 11 nitrogen and oxygen atoms in total. The van der Waals surface area contributed by atoms with Crippen molar-refractivity contribution >= 4 is 11.6 Å². The highest BCUT2D eigenvalue weighted by Crippen LogP contribution is 2.37. The van der Waals surface area contributed by atoms with E-state index < -0.39 is 30.1 Å². The molecule has 2 aliphatic heterocycles. The molecule has 292 valence electrons. The summed E-state index contributed by atoms with van der Waals surface area (Å²) in [6, 6.07) is 5.65. The number of H-pyrrole nitrogens is 1. The molecular weight excluding hydrogens is 684 g/mol. The lowest BCUT2D eigenvalue weighted by atomic mass is 9.74. The number of aromatic nitrogens is 1. The first-order chi connectivity index (χ1) is 26.1. The minimum Gasteiger partial charge on any atom is -0.504 e. The molecule has 0 unspecified atom stereocenters. The lowest BCUT2D eigenvalue weighted by Gasteiger charge is -2.39. The van der Waals surface area contributed by atoms with E-state index in [1.165, 1.54) is 12.7 Å². The minimum atomic E-state index is -1.14. The number of methoxy groups -OCH3 is 1. The Labute approximate surface area is 318 Å². The van der Waals surface area contributed by atoms with Crippen LogP contribution >= 0.6 is 0 Å². The van der Waals surface area contributed by atoms with Gasteiger partial charge in [-0.1, -0.05) is 24.7 Å². The van der Waals surface area contributed by atoms with Crippen molar-refractivity contribution < 1.29 is 34.8 Å². The van der Waals surface area contributed by atoms with E-state index >= 15 is 0 Å². The van der Waals surface area contributed by atoms with E-state index in [0.717, 1.165) is 61.8 Å². The molecule has 0 amide bonds. The number of Topliss-reactive ketones (excluding diaryl/α,β-unsaturated/α-hetero) is 2. The van der Waals surface area contributed by atoms with Crippen molar-refractivity contribution in [1.29, 1.82) is 0 Å². The number of aliphatic hydroxyl groups excluding tert-OH is 3. The summed E-state index contributed by atoms with van der Waals surface area (Å²) in [4.78, 5) is 28.5. The number of rotatable bonds is 15. The maximum atomic E-state index is 13.6. The predicted octanol–water partition coefficient (Wildman–Crippen LogP) is 4.05. The molecule has 11 heteroatoms. The Balaban J connectivity index is 1.10. The van der Waals surface area contributed by atoms with Gasteiger partial charge in [0.2, 0.25) is 0 Å². The highest BCUT2D eigenvalue weighted by atomic mass is 16.5. The van der Waals surface area contributed by atoms with E-state index in [1.54, 1.807) is 12.1 Å². The molecule has 6 rings (SSSR count). The number of nitrogens with one attached hydrogen (secondary N) is 3. The van der Waals surface area contributed by atoms with E-state index in [0.29, 0.717) is 80.1 Å². The minimum absolute atomic E-state index is 0.0712. The predicted molar refractivity (Wildman–Crippen MR) is 206 cm³/mol. The number of ether oxygens (including phenoxy) is 1. The largest absolute Gasteiger partial charge is 0.504 e. The Kier molecular flexibility index (Phi) is 13.6. The van der Waals surface area contributed by atoms with E-state index in [4.69, 9.17) is 10.5 Å². The van der Waals surface area contributed by atoms with Gasteiger partial charge < -0.3 is 46.5 Å². The average molecular weight is 743 g/mol. The van der Waals surface area contributed by atoms with E-state index in [-0.39, 0.29) is 30.1 Å². The summed E-state index contributed by atoms with van der Waals surface area (Å²) in [6.07, 6.45) is 11.4. The second-order valence-electron chi connectivity index (χ2n) is 15.9. The van der Waals surface area contributed by atoms with Crippen molar-refractivity contribution in [2.24, 2.45) is 23.5 Å². The maximum absolute atomic E-state index is 13.6. The monoisotopic (exact) mass is 742 g/mol. The zero-order chi connectivity index (χ0) is 38.2. The van der Waals surface area contributed by atoms with Crippen LogP contribution in [0.25, 0.3) is 0 Å². The Morgan fingerprint density at radius 2 is 1.91 bits per heavy atom. The van der Waals surface area contributed by atoms with Gasteiger partial charge >= 0.3 is 0 Å². The molecule has 3 heterocycles. The van der Waals surface area contributed by atoms with E-state index in [2.05, 4.69) is 27.5 Å². The van der Waals surface area contributed by atoms with E-state index in [1.807, 2.05) is 24.5 Å². The topological polar surface area (TPSA) is 190 Å². The number of phenols is 1. The number of hydrogen-bond acceptors (Lipinski definition) is 10. The van der Waals surface area contributed by atoms with Gasteiger partial charge in [-0.15, -0.1) is 0 Å². The number of unbranched alkanes of at least 4 members (excludes halogenated alkanes) is 1. The van der Waals surface area contributed by atoms with Gasteiger partial charge in [0.25, 0.3) is 0 Å². The summed E-state index contributed by atoms with van der Waals surface area (Å²) in [6.45, 7) is 1.53. The standard InChI is InChI=1S/C43H58N4O7/c1-54-42-19-30-9-12-38(50)34(37(49)5-3-2-4-26-16-31-6-10-33(48)21-36(31)46-24-26)11-7-29(35(30)22-41(42)53)18-40(52)39(51)13-8-28-20-43(44)47-25-32(28)17-27-14-15-45-23-27/h14-15,19-20,22-23,26,29,31,34,36-37,39-40,45-47,49,51-53H,2-6,8-10,12-13,16-18,21,24-25,44H2,1H3/t26-,29-,31+,34+,36+,37+,39+,40-/m0/s1. The summed E-state index contributed by atoms with van der Waals surface area (Å²) in [7, 11) is 1.47. The number of fused-ring (bicyclic) bond motifs is 2. The van der Waals surface area contributed by atoms with Crippen molar-refractivity contribution in [3.05, 3.63) is 70.3 Å². The van der Waals surface area contributed by atoms with Gasteiger partial charge in [0.05, 0.1) is 31.2 Å². The molecule has 1 saturated heterocycles. The molecule has 2 fully saturated rings. The van der Waals surface area contributed by atoms with E-state index in [9.17, 15) is 30.0 Å². The lowest BCUT2D eigenvalue weighted by Crippen LogP contribution is -2.48. The van der Waals surface area contributed by atoms with Gasteiger partial charge in [-0.05, 0) is 128 Å². The SMILES string of the molecule is COc1cc2c(cc1O)[C@H](C[C@H](O)[C@H](O)CCC1=C(Cc3cc[nH]c3)CNC(N)=C1)C#C[C@H]([C@H](O)CCCC[C@@H]1CN[C@@H]3CC(=O)CC[C@@H]3C1)C(=O)CC2. The Hall–Kier alpha value is -4.08. The van der Waals surface area contributed by atoms with Crippen LogP contribution in [0.3, 0.4) is 0 Å². The van der Waals surface area contributed by atoms with Crippen LogP contribution in [-0.2, 0) is 22.4 Å². The molecular formula is C43H58N4O7. The fraction of sp³-hybridized carbons (Fsp3) is 0.581. The third kappa shape index (κ3) is 10.2. The molecule has 54 heavy (non-hydrogen) atoms. The number of nitrogens with two attached hydrogens (primary N) is 1. The van der Waals surface area contributed by atoms with Crippen LogP contribution < -0.4 is 21.1 Å². The third-order valence-electron chi connectivity index (χ3n) is 12.1. The fourth-order valence-corrected chi connectivity index (χ4v) is 8.87. The number of benzene rings is 1. The number of carbonyl (C=O) groups excluding carboxylic acids is 2. The van der Waals surface area contributed by atoms with Crippen LogP contribution in [0.1, 0.15) is 99.7 Å². The number of aliphatic hydroxyl groups is 3. The van der Waals surface area contributed by atoms with Gasteiger partial charge in [-0.3, -0.25) is 9.59 Å². The Morgan fingerprint density at radius 3 is 2.70 bits per heavy atom. The Bertz CT molecular complexity index is 1740. The summed E-state index contributed by atoms with van der Waals surface area (Å²) in [5.74, 6) is 6.94. The maximum Gasteiger partial charge on any atom is 0.160 e. The molecule has 0 radical (unpaired) electrons. The zero-order valence-corrected chi connectivity index (χ0v) is 31.5. The highest BCUT2D eigenvalue weighted by Gasteiger charge is 2.35. The van der Waals surface area contributed by atoms with Gasteiger partial charge in [-0.2, -0.15) is 0 Å². The summed E-state index contributed by atoms with van der Waals surface area (Å²) < 4.78 is 5.38. The molecule has 2 aromatic rings. The number of piperidine rings is 1. The van der Waals surface area contributed by atoms with Crippen molar-refractivity contribution in [2.75, 3.05) is 20.2 Å². The van der Waals surface area contributed by atoms with Gasteiger partial charge in [0.1, 0.15) is 11.7 Å². The fourth-order valence-electron chi connectivity index (χ4n) is 8.87. The van der Waals surface area contributed by atoms with Crippen LogP contribution in [0.5, 0.6) is 11.5 Å². The van der Waals surface area contributed by atoms with Crippen LogP contribution in [0.15, 0.2) is 53.6 Å². The van der Waals surface area contributed by atoms with Gasteiger partial charge in [0.15, 0.2) is 17.3 Å². The lowest BCUT2D eigenvalue weighted by molar-refractivity contribution is -0.124. The smallest absolute Gasteiger partial charge is 0.160 e. The number of ketones is 2. The first kappa shape index (κ1) is 39.6. The second kappa shape index (κ2) is 18.5. The number of phenolic OH excluding ortho intramolecular Hbond substituents is 1. The quantitative estimate of drug-likeness (QED) is 0.0977. The number of allylic oxidation sites excluding steroid dienone is 2. The van der Waals surface area contributed by atoms with Crippen LogP contribution in [0.4, 0.5) is 0 Å². The number of aromatic hydroxyl groups is 1. The molecule has 0 bridgehead atoms. The average Bonchev–Trinajstić information content (AvgIpc) is 3.69. The number of aryl methyl sites for hydroxylation is 1. The Morgan fingerprint density at radius 1 is 1.06 bits per heavy atom.